The van der Waals surface area contributed by atoms with E-state index >= 15 is 0 Å². The first-order valence-corrected chi connectivity index (χ1v) is 10.5. The molecule has 3 aromatic rings. The van der Waals surface area contributed by atoms with Crippen LogP contribution >= 0.6 is 0 Å². The number of carbonyl (C=O) groups is 2. The summed E-state index contributed by atoms with van der Waals surface area (Å²) in [4.78, 5) is 37.5. The van der Waals surface area contributed by atoms with Gasteiger partial charge in [0.2, 0.25) is 11.9 Å². The van der Waals surface area contributed by atoms with Gasteiger partial charge >= 0.3 is 0 Å². The fourth-order valence-electron chi connectivity index (χ4n) is 2.79. The van der Waals surface area contributed by atoms with Gasteiger partial charge in [-0.05, 0) is 42.5 Å². The van der Waals surface area contributed by atoms with Crippen molar-refractivity contribution in [1.82, 2.24) is 15.0 Å². The van der Waals surface area contributed by atoms with Gasteiger partial charge in [0.15, 0.2) is 18.2 Å². The summed E-state index contributed by atoms with van der Waals surface area (Å²) < 4.78 is 32.4. The van der Waals surface area contributed by atoms with Gasteiger partial charge in [-0.2, -0.15) is 0 Å². The number of carbonyl (C=O) groups excluding carboxylic acids is 2. The molecule has 0 unspecified atom stereocenters. The minimum Gasteiger partial charge on any atom is -0.480 e. The maximum atomic E-state index is 12.4. The van der Waals surface area contributed by atoms with Crippen LogP contribution < -0.4 is 19.7 Å². The highest BCUT2D eigenvalue weighted by Crippen LogP contribution is 2.28. The van der Waals surface area contributed by atoms with Crippen molar-refractivity contribution in [2.45, 2.75) is 4.90 Å². The second kappa shape index (κ2) is 8.36. The molecule has 2 aromatic heterocycles. The number of nitrogens with one attached hydrogen (secondary N) is 2. The number of aromatic nitrogens is 3. The standard InChI is InChI=1S/C19H16N6O5S/c26-16(11-25-17(27)12-30-15-3-1-8-20-18(15)25)23-13-4-6-14(7-5-13)31(28,29)24-19-21-9-2-10-22-19/h1-10H,11-12H2,(H,23,26)(H,21,22,24). The van der Waals surface area contributed by atoms with Gasteiger partial charge in [-0.25, -0.2) is 28.1 Å². The molecule has 0 aliphatic carbocycles. The molecule has 1 aromatic carbocycles. The summed E-state index contributed by atoms with van der Waals surface area (Å²) in [6, 6.07) is 10.4. The molecule has 0 saturated carbocycles. The number of pyridine rings is 1. The van der Waals surface area contributed by atoms with E-state index < -0.39 is 21.8 Å². The first kappa shape index (κ1) is 20.2. The maximum absolute atomic E-state index is 12.4. The Morgan fingerprint density at radius 3 is 2.48 bits per heavy atom. The van der Waals surface area contributed by atoms with E-state index in [9.17, 15) is 18.0 Å². The second-order valence-electron chi connectivity index (χ2n) is 6.34. The van der Waals surface area contributed by atoms with Crippen LogP contribution in [0.15, 0.2) is 66.0 Å². The Bertz CT molecular complexity index is 1220. The van der Waals surface area contributed by atoms with Crippen LogP contribution in [0.2, 0.25) is 0 Å². The Labute approximate surface area is 177 Å². The molecule has 1 aliphatic heterocycles. The van der Waals surface area contributed by atoms with Crippen LogP contribution in [0.3, 0.4) is 0 Å². The molecular weight excluding hydrogens is 424 g/mol. The highest BCUT2D eigenvalue weighted by atomic mass is 32.2. The van der Waals surface area contributed by atoms with E-state index in [-0.39, 0.29) is 29.8 Å². The van der Waals surface area contributed by atoms with Gasteiger partial charge in [0.1, 0.15) is 6.54 Å². The predicted molar refractivity (Wildman–Crippen MR) is 110 cm³/mol. The van der Waals surface area contributed by atoms with Crippen molar-refractivity contribution in [2.24, 2.45) is 0 Å². The minimum absolute atomic E-state index is 0.0283. The number of ether oxygens (including phenoxy) is 1. The first-order valence-electron chi connectivity index (χ1n) is 9.00. The number of fused-ring (bicyclic) bond motifs is 1. The molecule has 1 aliphatic rings. The van der Waals surface area contributed by atoms with Crippen LogP contribution in [-0.2, 0) is 19.6 Å². The number of hydrogen-bond acceptors (Lipinski definition) is 8. The van der Waals surface area contributed by atoms with Crippen LogP contribution in [0.1, 0.15) is 0 Å². The largest absolute Gasteiger partial charge is 0.480 e. The lowest BCUT2D eigenvalue weighted by molar-refractivity contribution is -0.123. The number of benzene rings is 1. The minimum atomic E-state index is -3.88. The van der Waals surface area contributed by atoms with Crippen LogP contribution in [0.25, 0.3) is 0 Å². The van der Waals surface area contributed by atoms with Gasteiger partial charge < -0.3 is 10.1 Å². The molecule has 31 heavy (non-hydrogen) atoms. The van der Waals surface area contributed by atoms with Crippen molar-refractivity contribution in [3.05, 3.63) is 61.1 Å². The van der Waals surface area contributed by atoms with Crippen molar-refractivity contribution in [1.29, 1.82) is 0 Å². The van der Waals surface area contributed by atoms with Gasteiger partial charge in [0.05, 0.1) is 4.90 Å². The number of anilines is 3. The third kappa shape index (κ3) is 4.59. The predicted octanol–water partition coefficient (Wildman–Crippen LogP) is 1.04. The van der Waals surface area contributed by atoms with Gasteiger partial charge in [-0.3, -0.25) is 14.5 Å². The molecule has 11 nitrogen and oxygen atoms in total. The molecule has 158 valence electrons. The third-order valence-corrected chi connectivity index (χ3v) is 5.54. The summed E-state index contributed by atoms with van der Waals surface area (Å²) in [7, 11) is -3.88. The molecule has 12 heteroatoms. The van der Waals surface area contributed by atoms with Gasteiger partial charge in [-0.1, -0.05) is 0 Å². The average Bonchev–Trinajstić information content (AvgIpc) is 2.76. The lowest BCUT2D eigenvalue weighted by Crippen LogP contribution is -2.43. The maximum Gasteiger partial charge on any atom is 0.266 e. The van der Waals surface area contributed by atoms with Crippen LogP contribution in [-0.4, -0.2) is 48.3 Å². The number of amides is 2. The Kier molecular flexibility index (Phi) is 5.45. The Morgan fingerprint density at radius 1 is 1.03 bits per heavy atom. The van der Waals surface area contributed by atoms with Crippen molar-refractivity contribution >= 4 is 39.3 Å². The normalized spacial score (nSPS) is 13.2. The molecule has 2 amide bonds. The average molecular weight is 440 g/mol. The van der Waals surface area contributed by atoms with E-state index in [1.54, 1.807) is 18.2 Å². The highest BCUT2D eigenvalue weighted by Gasteiger charge is 2.28. The highest BCUT2D eigenvalue weighted by molar-refractivity contribution is 7.92. The fraction of sp³-hybridized carbons (Fsp3) is 0.105. The van der Waals surface area contributed by atoms with E-state index in [0.717, 1.165) is 0 Å². The summed E-state index contributed by atoms with van der Waals surface area (Å²) >= 11 is 0. The zero-order chi connectivity index (χ0) is 21.8. The Morgan fingerprint density at radius 2 is 1.74 bits per heavy atom. The Balaban J connectivity index is 1.42. The zero-order valence-electron chi connectivity index (χ0n) is 15.9. The van der Waals surface area contributed by atoms with Crippen molar-refractivity contribution in [3.8, 4) is 5.75 Å². The summed E-state index contributed by atoms with van der Waals surface area (Å²) in [5, 5.41) is 2.63. The van der Waals surface area contributed by atoms with Crippen LogP contribution in [0.4, 0.5) is 17.5 Å². The molecule has 0 saturated heterocycles. The van der Waals surface area contributed by atoms with E-state index in [4.69, 9.17) is 4.74 Å². The summed E-state index contributed by atoms with van der Waals surface area (Å²) in [5.41, 5.74) is 0.363. The molecule has 0 bridgehead atoms. The lowest BCUT2D eigenvalue weighted by atomic mass is 10.3. The quantitative estimate of drug-likeness (QED) is 0.579. The monoisotopic (exact) mass is 440 g/mol. The molecule has 2 N–H and O–H groups in total. The van der Waals surface area contributed by atoms with Crippen LogP contribution in [0, 0.1) is 0 Å². The topological polar surface area (TPSA) is 143 Å². The molecule has 0 fully saturated rings. The number of sulfonamides is 1. The summed E-state index contributed by atoms with van der Waals surface area (Å²) in [6.45, 7) is -0.449. The number of nitrogens with zero attached hydrogens (tertiary/aromatic N) is 4. The lowest BCUT2D eigenvalue weighted by Gasteiger charge is -2.27. The van der Waals surface area contributed by atoms with Crippen molar-refractivity contribution < 1.29 is 22.7 Å². The summed E-state index contributed by atoms with van der Waals surface area (Å²) in [5.74, 6) is -0.233. The fourth-order valence-corrected chi connectivity index (χ4v) is 3.75. The van der Waals surface area contributed by atoms with Gasteiger partial charge in [-0.15, -0.1) is 0 Å². The molecule has 0 spiro atoms. The van der Waals surface area contributed by atoms with Crippen molar-refractivity contribution in [3.63, 3.8) is 0 Å². The molecular formula is C19H16N6O5S. The molecule has 0 atom stereocenters. The second-order valence-corrected chi connectivity index (χ2v) is 8.03. The molecule has 0 radical (unpaired) electrons. The van der Waals surface area contributed by atoms with Gasteiger partial charge in [0, 0.05) is 24.3 Å². The molecule has 4 rings (SSSR count). The van der Waals surface area contributed by atoms with E-state index in [1.165, 1.54) is 47.8 Å². The first-order chi connectivity index (χ1) is 14.9. The van der Waals surface area contributed by atoms with E-state index in [2.05, 4.69) is 25.0 Å². The third-order valence-electron chi connectivity index (χ3n) is 4.20. The van der Waals surface area contributed by atoms with Gasteiger partial charge in [0.25, 0.3) is 15.9 Å². The zero-order valence-corrected chi connectivity index (χ0v) is 16.7. The smallest absolute Gasteiger partial charge is 0.266 e. The SMILES string of the molecule is O=C(CN1C(=O)COc2cccnc21)Nc1ccc(S(=O)(=O)Nc2ncccn2)cc1. The number of hydrogen-bond donors (Lipinski definition) is 2. The Hall–Kier alpha value is -4.06. The molecule has 3 heterocycles. The number of rotatable bonds is 6. The van der Waals surface area contributed by atoms with Crippen molar-refractivity contribution in [2.75, 3.05) is 28.1 Å². The van der Waals surface area contributed by atoms with Crippen LogP contribution in [0.5, 0.6) is 5.75 Å². The van der Waals surface area contributed by atoms with E-state index in [0.29, 0.717) is 11.4 Å². The van der Waals surface area contributed by atoms with E-state index in [1.807, 2.05) is 0 Å². The summed E-state index contributed by atoms with van der Waals surface area (Å²) in [6.07, 6.45) is 4.33.